The molecule has 16 heteroatoms. The third-order valence-corrected chi connectivity index (χ3v) is 9.40. The van der Waals surface area contributed by atoms with Crippen LogP contribution < -0.4 is 37.6 Å². The lowest BCUT2D eigenvalue weighted by molar-refractivity contribution is -0.141. The molecule has 1 aromatic rings. The average molecular weight is 742 g/mol. The molecular weight excluding hydrogens is 686 g/mol. The van der Waals surface area contributed by atoms with Gasteiger partial charge in [0, 0.05) is 13.0 Å². The number of carbonyl (C=O) groups excluding carboxylic acids is 8. The number of primary amides is 1. The number of cyclic esters (lactones) is 1. The molecule has 0 spiro atoms. The Morgan fingerprint density at radius 3 is 2.26 bits per heavy atom. The predicted molar refractivity (Wildman–Crippen MR) is 193 cm³/mol. The molecule has 0 radical (unpaired) electrons. The van der Waals surface area contributed by atoms with E-state index in [4.69, 9.17) is 10.5 Å². The molecule has 4 unspecified atom stereocenters. The average Bonchev–Trinajstić information content (AvgIpc) is 3.15. The number of nitrogens with two attached hydrogens (primary N) is 1. The zero-order chi connectivity index (χ0) is 38.6. The Balaban J connectivity index is 1.70. The van der Waals surface area contributed by atoms with Crippen LogP contribution in [-0.4, -0.2) is 85.1 Å². The van der Waals surface area contributed by atoms with Gasteiger partial charge in [0.1, 0.15) is 18.1 Å². The van der Waals surface area contributed by atoms with Crippen LogP contribution in [0.4, 0.5) is 4.79 Å². The highest BCUT2D eigenvalue weighted by Gasteiger charge is 2.35. The number of alkyl carbamates (subject to hydrolysis) is 1. The fourth-order valence-corrected chi connectivity index (χ4v) is 6.49. The van der Waals surface area contributed by atoms with Crippen molar-refractivity contribution in [3.8, 4) is 0 Å². The van der Waals surface area contributed by atoms with E-state index in [2.05, 4.69) is 31.9 Å². The molecule has 0 bridgehead atoms. The summed E-state index contributed by atoms with van der Waals surface area (Å²) in [5, 5.41) is 15.6. The summed E-state index contributed by atoms with van der Waals surface area (Å²) < 4.78 is 5.34. The van der Waals surface area contributed by atoms with Gasteiger partial charge in [0.2, 0.25) is 35.3 Å². The van der Waals surface area contributed by atoms with Crippen LogP contribution in [-0.2, 0) is 38.3 Å². The van der Waals surface area contributed by atoms with Crippen molar-refractivity contribution < 1.29 is 43.1 Å². The first kappa shape index (κ1) is 42.4. The molecule has 16 nitrogen and oxygen atoms in total. The number of ketones is 1. The summed E-state index contributed by atoms with van der Waals surface area (Å²) in [7, 11) is 0. The Bertz CT molecular complexity index is 1420. The van der Waals surface area contributed by atoms with E-state index in [1.165, 1.54) is 0 Å². The van der Waals surface area contributed by atoms with Gasteiger partial charge in [-0.2, -0.15) is 0 Å². The highest BCUT2D eigenvalue weighted by molar-refractivity contribution is 6.38. The van der Waals surface area contributed by atoms with E-state index in [-0.39, 0.29) is 31.3 Å². The van der Waals surface area contributed by atoms with E-state index < -0.39 is 72.1 Å². The Labute approximate surface area is 310 Å². The molecule has 1 heterocycles. The normalized spacial score (nSPS) is 21.0. The van der Waals surface area contributed by atoms with Crippen LogP contribution in [0.1, 0.15) is 108 Å². The van der Waals surface area contributed by atoms with Gasteiger partial charge in [0.25, 0.3) is 5.91 Å². The van der Waals surface area contributed by atoms with E-state index in [9.17, 15) is 38.4 Å². The van der Waals surface area contributed by atoms with Gasteiger partial charge in [-0.3, -0.25) is 33.6 Å². The molecule has 1 saturated carbocycles. The van der Waals surface area contributed by atoms with Crippen LogP contribution >= 0.6 is 0 Å². The summed E-state index contributed by atoms with van der Waals surface area (Å²) in [6, 6.07) is 3.76. The Kier molecular flexibility index (Phi) is 18.2. The quantitative estimate of drug-likeness (QED) is 0.153. The number of hydrogen-bond donors (Lipinski definition) is 7. The SMILES string of the molecule is CCCC(NC(=O)C1CCCCNC(=O)CCCCCOC(=O)NC(C2CCCCC2)C(=O)N1)C(=O)C(=O)NCC(=O)NC(C(N)=O)c1ccccc1. The lowest BCUT2D eigenvalue weighted by atomic mass is 9.83. The fraction of sp³-hybridized carbons (Fsp3) is 0.622. The number of Topliss-reactive ketones (excluding diaryl/α,β-unsaturated/α-hetero) is 1. The molecule has 53 heavy (non-hydrogen) atoms. The van der Waals surface area contributed by atoms with Crippen molar-refractivity contribution in [2.24, 2.45) is 11.7 Å². The zero-order valence-corrected chi connectivity index (χ0v) is 30.5. The van der Waals surface area contributed by atoms with Crippen LogP contribution in [0.3, 0.4) is 0 Å². The van der Waals surface area contributed by atoms with Crippen molar-refractivity contribution in [2.75, 3.05) is 19.7 Å². The molecule has 8 N–H and O–H groups in total. The second kappa shape index (κ2) is 22.8. The number of ether oxygens (including phenoxy) is 1. The number of rotatable bonds is 12. The third kappa shape index (κ3) is 14.9. The number of nitrogens with one attached hydrogen (secondary N) is 6. The van der Waals surface area contributed by atoms with Crippen molar-refractivity contribution in [2.45, 2.75) is 121 Å². The van der Waals surface area contributed by atoms with Gasteiger partial charge in [0.15, 0.2) is 0 Å². The van der Waals surface area contributed by atoms with Crippen molar-refractivity contribution in [1.29, 1.82) is 0 Å². The minimum Gasteiger partial charge on any atom is -0.450 e. The first-order valence-electron chi connectivity index (χ1n) is 18.8. The second-order valence-electron chi connectivity index (χ2n) is 13.6. The first-order chi connectivity index (χ1) is 25.5. The summed E-state index contributed by atoms with van der Waals surface area (Å²) in [6.07, 6.45) is 7.33. The van der Waals surface area contributed by atoms with Crippen LogP contribution in [0.2, 0.25) is 0 Å². The van der Waals surface area contributed by atoms with Crippen LogP contribution in [0, 0.1) is 5.92 Å². The van der Waals surface area contributed by atoms with Crippen molar-refractivity contribution in [3.05, 3.63) is 35.9 Å². The van der Waals surface area contributed by atoms with Crippen molar-refractivity contribution >= 4 is 47.3 Å². The molecule has 1 aromatic carbocycles. The molecule has 0 aromatic heterocycles. The predicted octanol–water partition coefficient (Wildman–Crippen LogP) is 1.32. The van der Waals surface area contributed by atoms with Gasteiger partial charge in [0.05, 0.1) is 19.2 Å². The highest BCUT2D eigenvalue weighted by atomic mass is 16.5. The lowest BCUT2D eigenvalue weighted by Gasteiger charge is -2.31. The molecular formula is C37H55N7O9. The number of benzene rings is 1. The largest absolute Gasteiger partial charge is 0.450 e. The summed E-state index contributed by atoms with van der Waals surface area (Å²) in [5.74, 6) is -5.24. The fourth-order valence-electron chi connectivity index (χ4n) is 6.49. The van der Waals surface area contributed by atoms with Gasteiger partial charge in [-0.25, -0.2) is 4.79 Å². The summed E-state index contributed by atoms with van der Waals surface area (Å²) in [5.41, 5.74) is 5.89. The van der Waals surface area contributed by atoms with Crippen LogP contribution in [0.15, 0.2) is 30.3 Å². The Hall–Kier alpha value is -5.02. The first-order valence-corrected chi connectivity index (χ1v) is 18.8. The topological polar surface area (TPSA) is 244 Å². The lowest BCUT2D eigenvalue weighted by Crippen LogP contribution is -2.58. The second-order valence-corrected chi connectivity index (χ2v) is 13.6. The van der Waals surface area contributed by atoms with Crippen LogP contribution in [0.5, 0.6) is 0 Å². The minimum absolute atomic E-state index is 0.0900. The molecule has 1 aliphatic heterocycles. The van der Waals surface area contributed by atoms with E-state index >= 15 is 0 Å². The van der Waals surface area contributed by atoms with Gasteiger partial charge in [-0.05, 0) is 69.3 Å². The Morgan fingerprint density at radius 2 is 1.57 bits per heavy atom. The number of hydrogen-bond acceptors (Lipinski definition) is 9. The van der Waals surface area contributed by atoms with E-state index in [0.29, 0.717) is 69.9 Å². The molecule has 1 saturated heterocycles. The van der Waals surface area contributed by atoms with Crippen molar-refractivity contribution in [1.82, 2.24) is 31.9 Å². The molecule has 3 rings (SSSR count). The number of carbonyl (C=O) groups is 8. The minimum atomic E-state index is -1.27. The van der Waals surface area contributed by atoms with E-state index in [1.807, 2.05) is 0 Å². The zero-order valence-electron chi connectivity index (χ0n) is 30.5. The Morgan fingerprint density at radius 1 is 0.868 bits per heavy atom. The smallest absolute Gasteiger partial charge is 0.407 e. The molecule has 1 aliphatic carbocycles. The molecule has 2 aliphatic rings. The monoisotopic (exact) mass is 741 g/mol. The third-order valence-electron chi connectivity index (χ3n) is 9.40. The van der Waals surface area contributed by atoms with Gasteiger partial charge in [-0.15, -0.1) is 0 Å². The molecule has 2 fully saturated rings. The maximum atomic E-state index is 13.8. The maximum Gasteiger partial charge on any atom is 0.407 e. The molecule has 292 valence electrons. The van der Waals surface area contributed by atoms with E-state index in [1.54, 1.807) is 37.3 Å². The summed E-state index contributed by atoms with van der Waals surface area (Å²) >= 11 is 0. The molecule has 7 amide bonds. The molecule has 4 atom stereocenters. The summed E-state index contributed by atoms with van der Waals surface area (Å²) in [6.45, 7) is 1.63. The van der Waals surface area contributed by atoms with Gasteiger partial charge < -0.3 is 42.4 Å². The van der Waals surface area contributed by atoms with Crippen LogP contribution in [0.25, 0.3) is 0 Å². The standard InChI is InChI=1S/C37H55N7O9/c1-2-14-26(32(47)36(51)40-23-29(46)43-30(33(38)48)24-15-6-3-7-16-24)41-34(49)27-19-11-12-21-39-28(45)20-10-5-13-22-53-37(52)44-31(35(50)42-27)25-17-8-4-9-18-25/h3,6-7,15-16,25-27,30-31H,2,4-5,8-14,17-23H2,1H3,(H2,38,48)(H,39,45)(H,40,51)(H,41,49)(H,42,50)(H,43,46)(H,44,52). The number of amides is 7. The maximum absolute atomic E-state index is 13.8. The summed E-state index contributed by atoms with van der Waals surface area (Å²) in [4.78, 5) is 103. The van der Waals surface area contributed by atoms with Gasteiger partial charge in [-0.1, -0.05) is 62.9 Å². The van der Waals surface area contributed by atoms with E-state index in [0.717, 1.165) is 19.3 Å². The van der Waals surface area contributed by atoms with Gasteiger partial charge >= 0.3 is 6.09 Å². The van der Waals surface area contributed by atoms with Crippen molar-refractivity contribution in [3.63, 3.8) is 0 Å². The highest BCUT2D eigenvalue weighted by Crippen LogP contribution is 2.27.